The standard InChI is InChI=1S/C14H18N4O3/c1-7(14(20)21)6-18(4)13(19)10-5-8(2)15-12-11(10)9(3)16-17-12/h5,7H,6H2,1-4H3,(H,20,21)(H,15,16,17). The molecule has 0 aliphatic rings. The number of carboxylic acids is 1. The van der Waals surface area contributed by atoms with E-state index in [1.807, 2.05) is 6.92 Å². The van der Waals surface area contributed by atoms with Crippen molar-refractivity contribution >= 4 is 22.9 Å². The number of fused-ring (bicyclic) bond motifs is 1. The van der Waals surface area contributed by atoms with E-state index in [9.17, 15) is 9.59 Å². The Morgan fingerprint density at radius 3 is 2.71 bits per heavy atom. The van der Waals surface area contributed by atoms with Crippen LogP contribution in [0.2, 0.25) is 0 Å². The number of H-pyrrole nitrogens is 1. The highest BCUT2D eigenvalue weighted by atomic mass is 16.4. The van der Waals surface area contributed by atoms with E-state index in [0.717, 1.165) is 5.69 Å². The van der Waals surface area contributed by atoms with Gasteiger partial charge < -0.3 is 10.0 Å². The summed E-state index contributed by atoms with van der Waals surface area (Å²) in [5.74, 6) is -1.78. The van der Waals surface area contributed by atoms with Gasteiger partial charge >= 0.3 is 5.97 Å². The Morgan fingerprint density at radius 1 is 1.43 bits per heavy atom. The van der Waals surface area contributed by atoms with Gasteiger partial charge in [0.05, 0.1) is 16.9 Å². The number of carbonyl (C=O) groups is 2. The zero-order chi connectivity index (χ0) is 15.7. The van der Waals surface area contributed by atoms with Crippen LogP contribution in [0.25, 0.3) is 11.0 Å². The zero-order valence-electron chi connectivity index (χ0n) is 12.5. The molecular weight excluding hydrogens is 272 g/mol. The van der Waals surface area contributed by atoms with Crippen molar-refractivity contribution in [1.82, 2.24) is 20.1 Å². The molecule has 2 heterocycles. The monoisotopic (exact) mass is 290 g/mol. The minimum absolute atomic E-state index is 0.147. The minimum atomic E-state index is -0.926. The first-order chi connectivity index (χ1) is 9.81. The van der Waals surface area contributed by atoms with Crippen molar-refractivity contribution in [2.75, 3.05) is 13.6 Å². The SMILES string of the molecule is Cc1cc(C(=O)N(C)CC(C)C(=O)O)c2c(C)[nH]nc2n1. The van der Waals surface area contributed by atoms with Crippen LogP contribution in [0.15, 0.2) is 6.07 Å². The molecule has 2 rings (SSSR count). The fraction of sp³-hybridized carbons (Fsp3) is 0.429. The number of rotatable bonds is 4. The molecule has 112 valence electrons. The van der Waals surface area contributed by atoms with Crippen molar-refractivity contribution < 1.29 is 14.7 Å². The van der Waals surface area contributed by atoms with E-state index in [0.29, 0.717) is 22.3 Å². The van der Waals surface area contributed by atoms with Gasteiger partial charge in [0.15, 0.2) is 5.65 Å². The van der Waals surface area contributed by atoms with Crippen LogP contribution >= 0.6 is 0 Å². The molecule has 0 saturated carbocycles. The topological polar surface area (TPSA) is 99.2 Å². The van der Waals surface area contributed by atoms with Crippen LogP contribution in [0.4, 0.5) is 0 Å². The highest BCUT2D eigenvalue weighted by molar-refractivity contribution is 6.06. The van der Waals surface area contributed by atoms with Crippen molar-refractivity contribution in [3.8, 4) is 0 Å². The van der Waals surface area contributed by atoms with Crippen molar-refractivity contribution in [3.05, 3.63) is 23.0 Å². The molecule has 0 aliphatic carbocycles. The number of carboxylic acid groups (broad SMARTS) is 1. The lowest BCUT2D eigenvalue weighted by Gasteiger charge is -2.20. The van der Waals surface area contributed by atoms with Crippen LogP contribution in [-0.4, -0.2) is 50.7 Å². The number of carbonyl (C=O) groups excluding carboxylic acids is 1. The average Bonchev–Trinajstić information content (AvgIpc) is 2.78. The fourth-order valence-electron chi connectivity index (χ4n) is 2.25. The Morgan fingerprint density at radius 2 is 2.10 bits per heavy atom. The number of nitrogens with one attached hydrogen (secondary N) is 1. The van der Waals surface area contributed by atoms with Crippen LogP contribution in [0, 0.1) is 19.8 Å². The Labute approximate surface area is 122 Å². The molecule has 0 spiro atoms. The van der Waals surface area contributed by atoms with Crippen LogP contribution in [0.1, 0.15) is 28.7 Å². The third-order valence-corrected chi connectivity index (χ3v) is 3.38. The smallest absolute Gasteiger partial charge is 0.308 e. The third kappa shape index (κ3) is 2.86. The van der Waals surface area contributed by atoms with Gasteiger partial charge in [-0.3, -0.25) is 14.7 Å². The van der Waals surface area contributed by atoms with Crippen LogP contribution in [0.5, 0.6) is 0 Å². The number of nitrogens with zero attached hydrogens (tertiary/aromatic N) is 3. The van der Waals surface area contributed by atoms with Gasteiger partial charge in [-0.25, -0.2) is 4.98 Å². The number of pyridine rings is 1. The number of aliphatic carboxylic acids is 1. The molecule has 0 aromatic carbocycles. The molecule has 2 aromatic heterocycles. The number of hydrogen-bond donors (Lipinski definition) is 2. The first kappa shape index (κ1) is 15.0. The van der Waals surface area contributed by atoms with Gasteiger partial charge in [-0.15, -0.1) is 0 Å². The predicted octanol–water partition coefficient (Wildman–Crippen LogP) is 1.37. The lowest BCUT2D eigenvalue weighted by molar-refractivity contribution is -0.141. The van der Waals surface area contributed by atoms with E-state index < -0.39 is 11.9 Å². The Balaban J connectivity index is 2.39. The first-order valence-corrected chi connectivity index (χ1v) is 6.61. The van der Waals surface area contributed by atoms with E-state index >= 15 is 0 Å². The van der Waals surface area contributed by atoms with Gasteiger partial charge in [0.1, 0.15) is 0 Å². The minimum Gasteiger partial charge on any atom is -0.481 e. The second-order valence-corrected chi connectivity index (χ2v) is 5.28. The molecule has 0 fully saturated rings. The summed E-state index contributed by atoms with van der Waals surface area (Å²) in [4.78, 5) is 29.2. The lowest BCUT2D eigenvalue weighted by Crippen LogP contribution is -2.33. The summed E-state index contributed by atoms with van der Waals surface area (Å²) in [6.07, 6.45) is 0. The second kappa shape index (κ2) is 5.51. The number of amides is 1. The lowest BCUT2D eigenvalue weighted by atomic mass is 10.1. The van der Waals surface area contributed by atoms with Crippen molar-refractivity contribution in [3.63, 3.8) is 0 Å². The molecule has 2 N–H and O–H groups in total. The molecule has 0 saturated heterocycles. The van der Waals surface area contributed by atoms with Crippen LogP contribution < -0.4 is 0 Å². The molecule has 0 radical (unpaired) electrons. The van der Waals surface area contributed by atoms with Gasteiger partial charge in [-0.05, 0) is 19.9 Å². The summed E-state index contributed by atoms with van der Waals surface area (Å²) < 4.78 is 0. The Kier molecular flexibility index (Phi) is 3.93. The largest absolute Gasteiger partial charge is 0.481 e. The van der Waals surface area contributed by atoms with Gasteiger partial charge in [-0.2, -0.15) is 5.10 Å². The van der Waals surface area contributed by atoms with Crippen molar-refractivity contribution in [2.45, 2.75) is 20.8 Å². The van der Waals surface area contributed by atoms with Crippen LogP contribution in [-0.2, 0) is 4.79 Å². The molecule has 0 bridgehead atoms. The maximum absolute atomic E-state index is 12.6. The summed E-state index contributed by atoms with van der Waals surface area (Å²) in [5, 5.41) is 16.5. The fourth-order valence-corrected chi connectivity index (χ4v) is 2.25. The van der Waals surface area contributed by atoms with E-state index in [1.54, 1.807) is 27.0 Å². The van der Waals surface area contributed by atoms with Crippen molar-refractivity contribution in [1.29, 1.82) is 0 Å². The van der Waals surface area contributed by atoms with Gasteiger partial charge in [0.2, 0.25) is 0 Å². The summed E-state index contributed by atoms with van der Waals surface area (Å²) in [7, 11) is 1.60. The molecule has 7 heteroatoms. The van der Waals surface area contributed by atoms with E-state index in [4.69, 9.17) is 5.11 Å². The van der Waals surface area contributed by atoms with Crippen molar-refractivity contribution in [2.24, 2.45) is 5.92 Å². The molecule has 0 aliphatic heterocycles. The van der Waals surface area contributed by atoms with Gasteiger partial charge in [-0.1, -0.05) is 6.92 Å². The Hall–Kier alpha value is -2.44. The molecule has 1 atom stereocenters. The molecule has 1 unspecified atom stereocenters. The number of aromatic amines is 1. The van der Waals surface area contributed by atoms with Gasteiger partial charge in [0.25, 0.3) is 5.91 Å². The summed E-state index contributed by atoms with van der Waals surface area (Å²) in [6.45, 7) is 5.33. The quantitative estimate of drug-likeness (QED) is 0.886. The van der Waals surface area contributed by atoms with E-state index in [2.05, 4.69) is 15.2 Å². The summed E-state index contributed by atoms with van der Waals surface area (Å²) in [5.41, 5.74) is 2.44. The Bertz CT molecular complexity index is 708. The highest BCUT2D eigenvalue weighted by Crippen LogP contribution is 2.21. The number of aryl methyl sites for hydroxylation is 2. The first-order valence-electron chi connectivity index (χ1n) is 6.61. The number of hydrogen-bond acceptors (Lipinski definition) is 4. The average molecular weight is 290 g/mol. The van der Waals surface area contributed by atoms with E-state index in [-0.39, 0.29) is 12.5 Å². The maximum Gasteiger partial charge on any atom is 0.308 e. The molecule has 21 heavy (non-hydrogen) atoms. The van der Waals surface area contributed by atoms with Gasteiger partial charge in [0, 0.05) is 25.0 Å². The zero-order valence-corrected chi connectivity index (χ0v) is 12.5. The second-order valence-electron chi connectivity index (χ2n) is 5.28. The summed E-state index contributed by atoms with van der Waals surface area (Å²) >= 11 is 0. The van der Waals surface area contributed by atoms with Crippen LogP contribution in [0.3, 0.4) is 0 Å². The predicted molar refractivity (Wildman–Crippen MR) is 77.1 cm³/mol. The van der Waals surface area contributed by atoms with E-state index in [1.165, 1.54) is 4.90 Å². The normalized spacial score (nSPS) is 12.4. The molecule has 2 aromatic rings. The molecule has 7 nitrogen and oxygen atoms in total. The highest BCUT2D eigenvalue weighted by Gasteiger charge is 2.22. The molecular formula is C14H18N4O3. The molecule has 1 amide bonds. The maximum atomic E-state index is 12.6. The summed E-state index contributed by atoms with van der Waals surface area (Å²) in [6, 6.07) is 1.70. The number of aromatic nitrogens is 3. The third-order valence-electron chi connectivity index (χ3n) is 3.38.